The van der Waals surface area contributed by atoms with Gasteiger partial charge in [0.1, 0.15) is 0 Å². The Kier molecular flexibility index (Phi) is 4.73. The van der Waals surface area contributed by atoms with Crippen LogP contribution in [-0.4, -0.2) is 0 Å². The van der Waals surface area contributed by atoms with E-state index in [1.165, 1.54) is 38.5 Å². The lowest BCUT2D eigenvalue weighted by Crippen LogP contribution is -2.27. The monoisotopic (exact) mass is 222 g/mol. The summed E-state index contributed by atoms with van der Waals surface area (Å²) in [4.78, 5) is 0. The summed E-state index contributed by atoms with van der Waals surface area (Å²) in [5, 5.41) is 0. The van der Waals surface area contributed by atoms with Crippen molar-refractivity contribution in [2.24, 2.45) is 23.7 Å². The maximum absolute atomic E-state index is 2.49. The topological polar surface area (TPSA) is 0 Å². The summed E-state index contributed by atoms with van der Waals surface area (Å²) < 4.78 is 0. The van der Waals surface area contributed by atoms with Crippen LogP contribution in [0.1, 0.15) is 78.1 Å². The molecule has 0 heterocycles. The van der Waals surface area contributed by atoms with Crippen LogP contribution in [0.2, 0.25) is 0 Å². The average Bonchev–Trinajstić information content (AvgIpc) is 2.23. The molecule has 0 amide bonds. The van der Waals surface area contributed by atoms with E-state index >= 15 is 0 Å². The molecule has 0 heteroatoms. The molecule has 94 valence electrons. The summed E-state index contributed by atoms with van der Waals surface area (Å²) in [5.74, 6) is 4.23. The first-order valence-electron chi connectivity index (χ1n) is 7.75. The van der Waals surface area contributed by atoms with Crippen LogP contribution in [-0.2, 0) is 0 Å². The summed E-state index contributed by atoms with van der Waals surface area (Å²) in [7, 11) is 0. The molecule has 0 aromatic heterocycles. The van der Waals surface area contributed by atoms with Gasteiger partial charge in [0, 0.05) is 0 Å². The minimum absolute atomic E-state index is 0.990. The third-order valence-electron chi connectivity index (χ3n) is 5.20. The van der Waals surface area contributed by atoms with Crippen molar-refractivity contribution in [2.45, 2.75) is 78.1 Å². The van der Waals surface area contributed by atoms with E-state index in [1.807, 2.05) is 0 Å². The first-order valence-corrected chi connectivity index (χ1v) is 7.75. The van der Waals surface area contributed by atoms with Crippen LogP contribution in [0, 0.1) is 23.7 Å². The highest BCUT2D eigenvalue weighted by molar-refractivity contribution is 4.82. The molecule has 2 rings (SSSR count). The average molecular weight is 222 g/mol. The smallest absolute Gasteiger partial charge is 0.0383 e. The first kappa shape index (κ1) is 12.5. The Labute approximate surface area is 102 Å². The molecule has 2 saturated carbocycles. The van der Waals surface area contributed by atoms with Crippen molar-refractivity contribution in [1.82, 2.24) is 0 Å². The fraction of sp³-hybridized carbons (Fsp3) is 1.00. The molecule has 4 unspecified atom stereocenters. The predicted molar refractivity (Wildman–Crippen MR) is 71.5 cm³/mol. The van der Waals surface area contributed by atoms with Gasteiger partial charge in [-0.2, -0.15) is 0 Å². The third kappa shape index (κ3) is 3.50. The van der Waals surface area contributed by atoms with Crippen molar-refractivity contribution in [3.8, 4) is 0 Å². The normalized spacial score (nSPS) is 42.4. The summed E-state index contributed by atoms with van der Waals surface area (Å²) in [5.41, 5.74) is 0. The lowest BCUT2D eigenvalue weighted by Gasteiger charge is -2.39. The Bertz CT molecular complexity index is 196. The molecule has 0 aliphatic heterocycles. The van der Waals surface area contributed by atoms with Crippen LogP contribution < -0.4 is 0 Å². The van der Waals surface area contributed by atoms with Gasteiger partial charge in [-0.1, -0.05) is 58.8 Å². The number of hydrogen-bond acceptors (Lipinski definition) is 0. The molecule has 0 radical (unpaired) electrons. The highest BCUT2D eigenvalue weighted by Gasteiger charge is 2.31. The minimum Gasteiger partial charge on any atom is -0.0625 e. The van der Waals surface area contributed by atoms with Crippen molar-refractivity contribution in [3.05, 3.63) is 0 Å². The molecule has 0 aromatic carbocycles. The number of hydrogen-bond donors (Lipinski definition) is 0. The molecule has 0 bridgehead atoms. The Morgan fingerprint density at radius 3 is 1.94 bits per heavy atom. The van der Waals surface area contributed by atoms with Gasteiger partial charge in [0.25, 0.3) is 0 Å². The predicted octanol–water partition coefficient (Wildman–Crippen LogP) is 5.42. The lowest BCUT2D eigenvalue weighted by molar-refractivity contribution is 0.125. The zero-order chi connectivity index (χ0) is 11.4. The molecule has 16 heavy (non-hydrogen) atoms. The molecule has 0 saturated heterocycles. The van der Waals surface area contributed by atoms with Gasteiger partial charge in [0.2, 0.25) is 0 Å². The Morgan fingerprint density at radius 2 is 1.19 bits per heavy atom. The molecular formula is C16H30. The molecular weight excluding hydrogens is 192 g/mol. The molecule has 0 N–H and O–H groups in total. The quantitative estimate of drug-likeness (QED) is 0.513. The molecule has 0 aromatic rings. The molecule has 2 aliphatic rings. The first-order chi connectivity index (χ1) is 7.75. The van der Waals surface area contributed by atoms with E-state index < -0.39 is 0 Å². The van der Waals surface area contributed by atoms with Gasteiger partial charge in [-0.15, -0.1) is 0 Å². The van der Waals surface area contributed by atoms with Crippen molar-refractivity contribution in [2.75, 3.05) is 0 Å². The van der Waals surface area contributed by atoms with Crippen molar-refractivity contribution < 1.29 is 0 Å². The van der Waals surface area contributed by atoms with E-state index in [9.17, 15) is 0 Å². The largest absolute Gasteiger partial charge is 0.0625 e. The van der Waals surface area contributed by atoms with Gasteiger partial charge in [0.15, 0.2) is 0 Å². The SMILES string of the molecule is CC1CCCCC2CCC2CC(C)CCC1. The summed E-state index contributed by atoms with van der Waals surface area (Å²) >= 11 is 0. The Morgan fingerprint density at radius 1 is 0.562 bits per heavy atom. The maximum Gasteiger partial charge on any atom is -0.0383 e. The molecule has 2 aliphatic carbocycles. The van der Waals surface area contributed by atoms with Crippen LogP contribution >= 0.6 is 0 Å². The van der Waals surface area contributed by atoms with E-state index in [0.29, 0.717) is 0 Å². The van der Waals surface area contributed by atoms with Crippen LogP contribution in [0.5, 0.6) is 0 Å². The standard InChI is InChI=1S/C16H30/c1-13-6-3-4-9-15-10-11-16(15)12-14(2)8-5-7-13/h13-16H,3-12H2,1-2H3. The molecule has 0 nitrogen and oxygen atoms in total. The maximum atomic E-state index is 2.49. The van der Waals surface area contributed by atoms with E-state index in [0.717, 1.165) is 23.7 Å². The van der Waals surface area contributed by atoms with E-state index in [4.69, 9.17) is 0 Å². The Hall–Kier alpha value is 0. The second-order valence-corrected chi connectivity index (χ2v) is 6.76. The molecule has 0 spiro atoms. The second kappa shape index (κ2) is 6.07. The van der Waals surface area contributed by atoms with E-state index in [-0.39, 0.29) is 0 Å². The highest BCUT2D eigenvalue weighted by atomic mass is 14.4. The van der Waals surface area contributed by atoms with Crippen molar-refractivity contribution in [1.29, 1.82) is 0 Å². The molecule has 4 atom stereocenters. The van der Waals surface area contributed by atoms with Gasteiger partial charge in [-0.3, -0.25) is 0 Å². The number of rotatable bonds is 0. The Balaban J connectivity index is 1.80. The van der Waals surface area contributed by atoms with Gasteiger partial charge in [-0.25, -0.2) is 0 Å². The van der Waals surface area contributed by atoms with Crippen molar-refractivity contribution >= 4 is 0 Å². The summed E-state index contributed by atoms with van der Waals surface area (Å²) in [6.45, 7) is 4.95. The van der Waals surface area contributed by atoms with Crippen LogP contribution in [0.15, 0.2) is 0 Å². The van der Waals surface area contributed by atoms with E-state index in [2.05, 4.69) is 13.8 Å². The van der Waals surface area contributed by atoms with Crippen LogP contribution in [0.25, 0.3) is 0 Å². The third-order valence-corrected chi connectivity index (χ3v) is 5.20. The van der Waals surface area contributed by atoms with Gasteiger partial charge < -0.3 is 0 Å². The fourth-order valence-corrected chi connectivity index (χ4v) is 3.82. The van der Waals surface area contributed by atoms with Gasteiger partial charge >= 0.3 is 0 Å². The summed E-state index contributed by atoms with van der Waals surface area (Å²) in [6.07, 6.45) is 15.2. The zero-order valence-corrected chi connectivity index (χ0v) is 11.4. The highest BCUT2D eigenvalue weighted by Crippen LogP contribution is 2.42. The minimum atomic E-state index is 0.990. The molecule has 2 fully saturated rings. The van der Waals surface area contributed by atoms with Crippen LogP contribution in [0.3, 0.4) is 0 Å². The second-order valence-electron chi connectivity index (χ2n) is 6.76. The van der Waals surface area contributed by atoms with Crippen LogP contribution in [0.4, 0.5) is 0 Å². The van der Waals surface area contributed by atoms with E-state index in [1.54, 1.807) is 25.7 Å². The lowest BCUT2D eigenvalue weighted by atomic mass is 9.67. The van der Waals surface area contributed by atoms with Gasteiger partial charge in [-0.05, 0) is 42.9 Å². The summed E-state index contributed by atoms with van der Waals surface area (Å²) in [6, 6.07) is 0. The zero-order valence-electron chi connectivity index (χ0n) is 11.4. The van der Waals surface area contributed by atoms with Crippen molar-refractivity contribution in [3.63, 3.8) is 0 Å². The fourth-order valence-electron chi connectivity index (χ4n) is 3.82. The van der Waals surface area contributed by atoms with Gasteiger partial charge in [0.05, 0.1) is 0 Å². The number of fused-ring (bicyclic) bond motifs is 1.